The van der Waals surface area contributed by atoms with Crippen LogP contribution in [0.15, 0.2) is 52.1 Å². The molecule has 2 aromatic rings. The third kappa shape index (κ3) is 4.22. The van der Waals surface area contributed by atoms with Gasteiger partial charge in [0.25, 0.3) is 0 Å². The maximum absolute atomic E-state index is 6.28. The third-order valence-corrected chi connectivity index (χ3v) is 5.12. The van der Waals surface area contributed by atoms with Gasteiger partial charge in [0.05, 0.1) is 15.3 Å². The Morgan fingerprint density at radius 3 is 2.50 bits per heavy atom. The van der Waals surface area contributed by atoms with Crippen molar-refractivity contribution < 1.29 is 0 Å². The molecule has 0 aliphatic carbocycles. The summed E-state index contributed by atoms with van der Waals surface area (Å²) in [7, 11) is 0. The Balaban J connectivity index is 2.23. The number of pyridine rings is 1. The van der Waals surface area contributed by atoms with Crippen molar-refractivity contribution in [2.45, 2.75) is 29.7 Å². The second-order valence-corrected chi connectivity index (χ2v) is 6.99. The van der Waals surface area contributed by atoms with E-state index in [-0.39, 0.29) is 11.3 Å². The predicted octanol–water partition coefficient (Wildman–Crippen LogP) is 5.07. The van der Waals surface area contributed by atoms with E-state index in [4.69, 9.17) is 17.3 Å². The van der Waals surface area contributed by atoms with E-state index < -0.39 is 0 Å². The molecule has 1 heterocycles. The lowest BCUT2D eigenvalue weighted by Gasteiger charge is -2.22. The van der Waals surface area contributed by atoms with Gasteiger partial charge in [-0.05, 0) is 36.2 Å². The molecule has 0 fully saturated rings. The van der Waals surface area contributed by atoms with Crippen LogP contribution in [0.3, 0.4) is 0 Å². The second kappa shape index (κ2) is 7.46. The molecule has 0 radical (unpaired) electrons. The molecule has 0 aliphatic heterocycles. The maximum Gasteiger partial charge on any atom is 0.0967 e. The number of aromatic nitrogens is 1. The lowest BCUT2D eigenvalue weighted by Crippen LogP contribution is -2.25. The summed E-state index contributed by atoms with van der Waals surface area (Å²) in [6.07, 6.45) is 2.58. The van der Waals surface area contributed by atoms with Gasteiger partial charge in [0.1, 0.15) is 0 Å². The molecule has 0 saturated carbocycles. The SMILES string of the molecule is CCC(N)C(Sc1ccc(Cl)cn1)c1ccc(Br)cc1. The van der Waals surface area contributed by atoms with E-state index in [1.807, 2.05) is 24.3 Å². The minimum absolute atomic E-state index is 0.0821. The van der Waals surface area contributed by atoms with E-state index in [1.165, 1.54) is 5.56 Å². The van der Waals surface area contributed by atoms with Crippen molar-refractivity contribution in [3.8, 4) is 0 Å². The fourth-order valence-electron chi connectivity index (χ4n) is 1.83. The van der Waals surface area contributed by atoms with Crippen molar-refractivity contribution in [3.63, 3.8) is 0 Å². The van der Waals surface area contributed by atoms with Crippen molar-refractivity contribution in [2.24, 2.45) is 5.73 Å². The Morgan fingerprint density at radius 2 is 1.95 bits per heavy atom. The van der Waals surface area contributed by atoms with Crippen LogP contribution in [0.1, 0.15) is 24.2 Å². The van der Waals surface area contributed by atoms with Gasteiger partial charge in [-0.3, -0.25) is 0 Å². The number of hydrogen-bond acceptors (Lipinski definition) is 3. The van der Waals surface area contributed by atoms with Gasteiger partial charge in [0.2, 0.25) is 0 Å². The third-order valence-electron chi connectivity index (χ3n) is 3.01. The highest BCUT2D eigenvalue weighted by atomic mass is 79.9. The van der Waals surface area contributed by atoms with Crippen LogP contribution < -0.4 is 5.73 Å². The Labute approximate surface area is 137 Å². The van der Waals surface area contributed by atoms with Crippen molar-refractivity contribution >= 4 is 39.3 Å². The van der Waals surface area contributed by atoms with Gasteiger partial charge in [-0.1, -0.05) is 58.3 Å². The molecule has 0 aliphatic rings. The molecule has 2 unspecified atom stereocenters. The Kier molecular flexibility index (Phi) is 5.90. The van der Waals surface area contributed by atoms with Gasteiger partial charge in [-0.2, -0.15) is 0 Å². The zero-order valence-corrected chi connectivity index (χ0v) is 14.3. The maximum atomic E-state index is 6.28. The van der Waals surface area contributed by atoms with Gasteiger partial charge in [0.15, 0.2) is 0 Å². The van der Waals surface area contributed by atoms with Gasteiger partial charge in [0, 0.05) is 16.7 Å². The largest absolute Gasteiger partial charge is 0.326 e. The number of nitrogens with two attached hydrogens (primary N) is 1. The Bertz CT molecular complexity index is 545. The highest BCUT2D eigenvalue weighted by Gasteiger charge is 2.20. The molecule has 2 rings (SSSR count). The molecule has 1 aromatic heterocycles. The summed E-state index contributed by atoms with van der Waals surface area (Å²) in [6, 6.07) is 12.2. The van der Waals surface area contributed by atoms with E-state index in [1.54, 1.807) is 18.0 Å². The van der Waals surface area contributed by atoms with Crippen LogP contribution in [0.25, 0.3) is 0 Å². The smallest absolute Gasteiger partial charge is 0.0967 e. The zero-order valence-electron chi connectivity index (χ0n) is 11.1. The molecular formula is C15H16BrClN2S. The molecule has 2 N–H and O–H groups in total. The molecule has 2 nitrogen and oxygen atoms in total. The molecule has 106 valence electrons. The van der Waals surface area contributed by atoms with Crippen molar-refractivity contribution in [1.29, 1.82) is 0 Å². The van der Waals surface area contributed by atoms with E-state index in [0.29, 0.717) is 5.02 Å². The van der Waals surface area contributed by atoms with Gasteiger partial charge >= 0.3 is 0 Å². The summed E-state index contributed by atoms with van der Waals surface area (Å²) in [4.78, 5) is 4.34. The molecule has 1 aromatic carbocycles. The number of halogens is 2. The number of thioether (sulfide) groups is 1. The van der Waals surface area contributed by atoms with E-state index in [0.717, 1.165) is 15.9 Å². The van der Waals surface area contributed by atoms with Crippen molar-refractivity contribution in [2.75, 3.05) is 0 Å². The summed E-state index contributed by atoms with van der Waals surface area (Å²) in [5.74, 6) is 0. The van der Waals surface area contributed by atoms with Gasteiger partial charge in [-0.25, -0.2) is 4.98 Å². The molecule has 0 amide bonds. The second-order valence-electron chi connectivity index (χ2n) is 4.48. The summed E-state index contributed by atoms with van der Waals surface area (Å²) in [5, 5.41) is 1.77. The Morgan fingerprint density at radius 1 is 1.25 bits per heavy atom. The number of rotatable bonds is 5. The molecule has 2 atom stereocenters. The minimum Gasteiger partial charge on any atom is -0.326 e. The summed E-state index contributed by atoms with van der Waals surface area (Å²) < 4.78 is 1.07. The fourth-order valence-corrected chi connectivity index (χ4v) is 3.39. The summed E-state index contributed by atoms with van der Waals surface area (Å²) in [6.45, 7) is 2.10. The van der Waals surface area contributed by atoms with Gasteiger partial charge < -0.3 is 5.73 Å². The molecule has 20 heavy (non-hydrogen) atoms. The zero-order chi connectivity index (χ0) is 14.5. The topological polar surface area (TPSA) is 38.9 Å². The first-order valence-electron chi connectivity index (χ1n) is 6.39. The standard InChI is InChI=1S/C15H16BrClN2S/c1-2-13(18)15(10-3-5-11(16)6-4-10)20-14-8-7-12(17)9-19-14/h3-9,13,15H,2,18H2,1H3. The monoisotopic (exact) mass is 370 g/mol. The number of hydrogen-bond donors (Lipinski definition) is 1. The summed E-state index contributed by atoms with van der Waals surface area (Å²) in [5.41, 5.74) is 7.49. The molecule has 0 spiro atoms. The van der Waals surface area contributed by atoms with Gasteiger partial charge in [-0.15, -0.1) is 0 Å². The average molecular weight is 372 g/mol. The summed E-state index contributed by atoms with van der Waals surface area (Å²) >= 11 is 11.0. The molecular weight excluding hydrogens is 356 g/mol. The van der Waals surface area contributed by atoms with E-state index in [9.17, 15) is 0 Å². The van der Waals surface area contributed by atoms with E-state index in [2.05, 4.69) is 40.0 Å². The van der Waals surface area contributed by atoms with Crippen molar-refractivity contribution in [1.82, 2.24) is 4.98 Å². The van der Waals surface area contributed by atoms with E-state index >= 15 is 0 Å². The first-order valence-corrected chi connectivity index (χ1v) is 8.44. The molecule has 0 bridgehead atoms. The van der Waals surface area contributed by atoms with Crippen molar-refractivity contribution in [3.05, 3.63) is 57.7 Å². The quantitative estimate of drug-likeness (QED) is 0.746. The average Bonchev–Trinajstić information content (AvgIpc) is 2.47. The molecule has 5 heteroatoms. The van der Waals surface area contributed by atoms with Crippen LogP contribution in [0, 0.1) is 0 Å². The predicted molar refractivity (Wildman–Crippen MR) is 90.3 cm³/mol. The van der Waals surface area contributed by atoms with Crippen LogP contribution in [0.4, 0.5) is 0 Å². The Hall–Kier alpha value is -0.550. The van der Waals surface area contributed by atoms with Crippen LogP contribution in [-0.4, -0.2) is 11.0 Å². The van der Waals surface area contributed by atoms with Crippen LogP contribution >= 0.6 is 39.3 Å². The van der Waals surface area contributed by atoms with Crippen LogP contribution in [-0.2, 0) is 0 Å². The highest BCUT2D eigenvalue weighted by Crippen LogP contribution is 2.37. The fraction of sp³-hybridized carbons (Fsp3) is 0.267. The normalized spacial score (nSPS) is 14.0. The number of nitrogens with zero attached hydrogens (tertiary/aromatic N) is 1. The number of benzene rings is 1. The van der Waals surface area contributed by atoms with Crippen LogP contribution in [0.5, 0.6) is 0 Å². The van der Waals surface area contributed by atoms with Crippen LogP contribution in [0.2, 0.25) is 5.02 Å². The first kappa shape index (κ1) is 15.8. The first-order chi connectivity index (χ1) is 9.60. The lowest BCUT2D eigenvalue weighted by molar-refractivity contribution is 0.633. The lowest BCUT2D eigenvalue weighted by atomic mass is 10.0. The minimum atomic E-state index is 0.0821. The molecule has 0 saturated heterocycles. The highest BCUT2D eigenvalue weighted by molar-refractivity contribution is 9.10.